The predicted molar refractivity (Wildman–Crippen MR) is 162 cm³/mol. The quantitative estimate of drug-likeness (QED) is 0.172. The van der Waals surface area contributed by atoms with Crippen molar-refractivity contribution in [3.8, 4) is 11.1 Å². The maximum atomic E-state index is 13.9. The summed E-state index contributed by atoms with van der Waals surface area (Å²) in [6.07, 6.45) is 3.65. The van der Waals surface area contributed by atoms with Gasteiger partial charge in [-0.05, 0) is 74.9 Å². The number of nitrogens with two attached hydrogens (primary N) is 2. The van der Waals surface area contributed by atoms with Crippen molar-refractivity contribution in [3.63, 3.8) is 0 Å². The molecular weight excluding hydrogens is 569 g/mol. The molecule has 2 atom stereocenters. The summed E-state index contributed by atoms with van der Waals surface area (Å²) >= 11 is 0. The van der Waals surface area contributed by atoms with Gasteiger partial charge in [0.25, 0.3) is 0 Å². The summed E-state index contributed by atoms with van der Waals surface area (Å²) in [6.45, 7) is 9.07. The lowest BCUT2D eigenvalue weighted by atomic mass is 9.90. The molecule has 12 heteroatoms. The van der Waals surface area contributed by atoms with Gasteiger partial charge >= 0.3 is 0 Å². The molecule has 2 unspecified atom stereocenters. The normalized spacial score (nSPS) is 20.0. The maximum Gasteiger partial charge on any atom is 0.176 e. The van der Waals surface area contributed by atoms with Crippen LogP contribution in [0, 0.1) is 25.7 Å². The van der Waals surface area contributed by atoms with Gasteiger partial charge in [0.05, 0.1) is 27.7 Å². The summed E-state index contributed by atoms with van der Waals surface area (Å²) in [4.78, 5) is 15.3. The molecule has 2 aliphatic heterocycles. The Labute approximate surface area is 253 Å². The molecule has 6 N–H and O–H groups in total. The fourth-order valence-electron chi connectivity index (χ4n) is 5.93. The fraction of sp³-hybridized carbons (Fsp3) is 0.419. The zero-order valence-electron chi connectivity index (χ0n) is 24.7. The minimum atomic E-state index is -1.30. The van der Waals surface area contributed by atoms with Gasteiger partial charge in [-0.1, -0.05) is 17.3 Å². The monoisotopic (exact) mass is 607 g/mol. The van der Waals surface area contributed by atoms with E-state index >= 15 is 0 Å². The number of carbonyl (C=O) groups excluding carboxylic acids is 1. The van der Waals surface area contributed by atoms with Gasteiger partial charge in [0, 0.05) is 56.2 Å². The molecule has 0 bridgehead atoms. The molecule has 3 aliphatic rings. The van der Waals surface area contributed by atoms with Crippen molar-refractivity contribution in [2.24, 2.45) is 23.4 Å². The highest BCUT2D eigenvalue weighted by Gasteiger charge is 2.35. The molecule has 0 radical (unpaired) electrons. The molecular formula is C31H38FN7O3S. The van der Waals surface area contributed by atoms with E-state index in [1.54, 1.807) is 11.2 Å². The molecule has 10 nitrogen and oxygen atoms in total. The number of hydrogen-bond acceptors (Lipinski definition) is 9. The Bertz CT molecular complexity index is 1550. The summed E-state index contributed by atoms with van der Waals surface area (Å²) < 4.78 is 35.1. The lowest BCUT2D eigenvalue weighted by molar-refractivity contribution is -0.113. The number of fused-ring (bicyclic) bond motifs is 1. The number of Topliss-reactive ketones (excluding diaryl/α,β-unsaturated/α-hetero) is 1. The third-order valence-electron chi connectivity index (χ3n) is 8.14. The summed E-state index contributed by atoms with van der Waals surface area (Å²) in [5.41, 5.74) is 16.2. The molecule has 1 aromatic carbocycles. The van der Waals surface area contributed by atoms with E-state index in [0.717, 1.165) is 60.0 Å². The molecule has 1 saturated heterocycles. The van der Waals surface area contributed by atoms with E-state index in [4.69, 9.17) is 16.1 Å². The zero-order chi connectivity index (χ0) is 30.7. The van der Waals surface area contributed by atoms with Crippen LogP contribution in [-0.2, 0) is 15.8 Å². The number of likely N-dealkylation sites (tertiary alicyclic amines) is 1. The number of ketones is 1. The molecule has 43 heavy (non-hydrogen) atoms. The average molecular weight is 608 g/mol. The van der Waals surface area contributed by atoms with Crippen LogP contribution in [0.15, 0.2) is 79.8 Å². The van der Waals surface area contributed by atoms with Crippen LogP contribution in [0.5, 0.6) is 0 Å². The second-order valence-corrected chi connectivity index (χ2v) is 12.5. The van der Waals surface area contributed by atoms with E-state index in [1.807, 2.05) is 38.1 Å². The van der Waals surface area contributed by atoms with Crippen LogP contribution < -0.4 is 21.6 Å². The van der Waals surface area contributed by atoms with Crippen LogP contribution in [0.1, 0.15) is 37.6 Å². The highest BCUT2D eigenvalue weighted by atomic mass is 32.2. The van der Waals surface area contributed by atoms with Crippen molar-refractivity contribution in [2.75, 3.05) is 32.7 Å². The van der Waals surface area contributed by atoms with Crippen molar-refractivity contribution in [1.29, 1.82) is 0 Å². The zero-order valence-corrected chi connectivity index (χ0v) is 25.5. The Morgan fingerprint density at radius 3 is 2.65 bits per heavy atom. The highest BCUT2D eigenvalue weighted by molar-refractivity contribution is 7.83. The van der Waals surface area contributed by atoms with E-state index in [9.17, 15) is 13.4 Å². The first-order chi connectivity index (χ1) is 20.6. The van der Waals surface area contributed by atoms with E-state index in [-0.39, 0.29) is 12.2 Å². The minimum absolute atomic E-state index is 0.0805. The molecule has 228 valence electrons. The number of hydrazine groups is 1. The standard InChI is InChI=1S/C31H38FN7O3S/c1-19-29(21(3)42-37-19)23-4-7-25(8-5-23)43(41)35-12-15-38-13-10-22(11-14-38)17-39(34)18-27(33)30-26-16-24(32)6-9-28(26)36-31(30)20(2)40/h4-5,7-8,18,22,26,35-36H,10-17,33-34H2,1-3H3/b27-18-. The van der Waals surface area contributed by atoms with Crippen molar-refractivity contribution in [3.05, 3.63) is 81.9 Å². The van der Waals surface area contributed by atoms with Gasteiger partial charge in [-0.25, -0.2) is 19.2 Å². The largest absolute Gasteiger partial charge is 0.397 e. The Morgan fingerprint density at radius 1 is 1.28 bits per heavy atom. The van der Waals surface area contributed by atoms with Gasteiger partial charge in [0.15, 0.2) is 11.6 Å². The van der Waals surface area contributed by atoms with Gasteiger partial charge in [0.1, 0.15) is 16.7 Å². The van der Waals surface area contributed by atoms with Gasteiger partial charge in [-0.2, -0.15) is 0 Å². The number of hydrogen-bond donors (Lipinski definition) is 4. The topological polar surface area (TPSA) is 143 Å². The van der Waals surface area contributed by atoms with Crippen LogP contribution in [-0.4, -0.2) is 57.8 Å². The predicted octanol–water partition coefficient (Wildman–Crippen LogP) is 3.22. The number of piperidine rings is 1. The second-order valence-electron chi connectivity index (χ2n) is 11.2. The van der Waals surface area contributed by atoms with Crippen LogP contribution >= 0.6 is 0 Å². The van der Waals surface area contributed by atoms with Crippen LogP contribution in [0.2, 0.25) is 0 Å². The first-order valence-electron chi connectivity index (χ1n) is 14.4. The third kappa shape index (κ3) is 7.08. The Kier molecular flexibility index (Phi) is 9.46. The lowest BCUT2D eigenvalue weighted by Crippen LogP contribution is -2.42. The van der Waals surface area contributed by atoms with Crippen molar-refractivity contribution in [1.82, 2.24) is 25.1 Å². The lowest BCUT2D eigenvalue weighted by Gasteiger charge is -2.33. The minimum Gasteiger partial charge on any atom is -0.397 e. The molecule has 0 spiro atoms. The Hall–Kier alpha value is -3.76. The molecule has 0 saturated carbocycles. The molecule has 1 aromatic heterocycles. The summed E-state index contributed by atoms with van der Waals surface area (Å²) in [7, 11) is -1.30. The SMILES string of the molecule is CC(=O)C1=C(/C(N)=C/N(N)CC2CCN(CCNS(=O)c3ccc(-c4c(C)noc4C)cc3)CC2)C2CC(F)=C=C=C2N1. The number of rotatable bonds is 11. The van der Waals surface area contributed by atoms with Crippen LogP contribution in [0.25, 0.3) is 11.1 Å². The number of benzene rings is 1. The number of aryl methyl sites for hydroxylation is 2. The summed E-state index contributed by atoms with van der Waals surface area (Å²) in [6, 6.07) is 7.62. The number of aromatic nitrogens is 1. The second kappa shape index (κ2) is 13.3. The molecule has 1 fully saturated rings. The number of allylic oxidation sites excluding steroid dienone is 4. The van der Waals surface area contributed by atoms with Crippen molar-refractivity contribution >= 4 is 16.8 Å². The van der Waals surface area contributed by atoms with E-state index in [2.05, 4.69) is 31.6 Å². The van der Waals surface area contributed by atoms with Gasteiger partial charge in [0.2, 0.25) is 0 Å². The van der Waals surface area contributed by atoms with Gasteiger partial charge < -0.3 is 25.5 Å². The van der Waals surface area contributed by atoms with Crippen LogP contribution in [0.3, 0.4) is 0 Å². The number of carbonyl (C=O) groups is 1. The smallest absolute Gasteiger partial charge is 0.176 e. The first-order valence-corrected chi connectivity index (χ1v) is 15.6. The van der Waals surface area contributed by atoms with Crippen LogP contribution in [0.4, 0.5) is 4.39 Å². The van der Waals surface area contributed by atoms with Crippen molar-refractivity contribution in [2.45, 2.75) is 44.9 Å². The average Bonchev–Trinajstić information content (AvgIpc) is 3.53. The summed E-state index contributed by atoms with van der Waals surface area (Å²) in [5, 5.41) is 8.59. The number of halogens is 1. The van der Waals surface area contributed by atoms with Gasteiger partial charge in [-0.3, -0.25) is 4.79 Å². The van der Waals surface area contributed by atoms with Crippen molar-refractivity contribution < 1.29 is 17.9 Å². The highest BCUT2D eigenvalue weighted by Crippen LogP contribution is 2.38. The summed E-state index contributed by atoms with van der Waals surface area (Å²) in [5.74, 6) is 6.44. The Morgan fingerprint density at radius 2 is 2.00 bits per heavy atom. The molecule has 3 heterocycles. The maximum absolute atomic E-state index is 13.9. The Balaban J connectivity index is 1.07. The van der Waals surface area contributed by atoms with E-state index < -0.39 is 22.7 Å². The van der Waals surface area contributed by atoms with E-state index in [0.29, 0.717) is 41.7 Å². The number of nitrogens with zero attached hydrogens (tertiary/aromatic N) is 3. The molecule has 1 aliphatic carbocycles. The molecule has 2 aromatic rings. The fourth-order valence-corrected chi connectivity index (χ4v) is 6.76. The first kappa shape index (κ1) is 30.7. The van der Waals surface area contributed by atoms with E-state index in [1.165, 1.54) is 6.92 Å². The molecule has 5 rings (SSSR count). The van der Waals surface area contributed by atoms with Gasteiger partial charge in [-0.15, -0.1) is 0 Å². The number of nitrogens with one attached hydrogen (secondary N) is 2. The molecule has 0 amide bonds. The third-order valence-corrected chi connectivity index (χ3v) is 9.30.